The largest absolute Gasteiger partial charge is 0.508 e. The molecule has 0 radical (unpaired) electrons. The van der Waals surface area contributed by atoms with Crippen LogP contribution in [0.25, 0.3) is 17.3 Å². The number of aromatic amines is 1. The Morgan fingerprint density at radius 1 is 1.28 bits per heavy atom. The fourth-order valence-corrected chi connectivity index (χ4v) is 3.93. The molecule has 3 aromatic rings. The summed E-state index contributed by atoms with van der Waals surface area (Å²) in [6.07, 6.45) is 4.94. The lowest BCUT2D eigenvalue weighted by Gasteiger charge is -2.08. The van der Waals surface area contributed by atoms with Gasteiger partial charge in [0, 0.05) is 22.7 Å². The summed E-state index contributed by atoms with van der Waals surface area (Å²) in [6, 6.07) is 6.70. The van der Waals surface area contributed by atoms with Gasteiger partial charge in [0.25, 0.3) is 5.91 Å². The fourth-order valence-electron chi connectivity index (χ4n) is 2.39. The number of phenolic OH excluding ortho intramolecular Hbond substituents is 1. The molecule has 0 saturated carbocycles. The first-order chi connectivity index (χ1) is 12.1. The zero-order valence-corrected chi connectivity index (χ0v) is 14.3. The molecule has 1 aromatic carbocycles. The molecule has 124 valence electrons. The number of nitrogens with zero attached hydrogens (tertiary/aromatic N) is 3. The van der Waals surface area contributed by atoms with Gasteiger partial charge in [0.2, 0.25) is 0 Å². The van der Waals surface area contributed by atoms with Gasteiger partial charge >= 0.3 is 0 Å². The minimum Gasteiger partial charge on any atom is -0.508 e. The van der Waals surface area contributed by atoms with Crippen molar-refractivity contribution in [1.29, 1.82) is 5.41 Å². The van der Waals surface area contributed by atoms with E-state index < -0.39 is 0 Å². The van der Waals surface area contributed by atoms with E-state index in [4.69, 9.17) is 5.41 Å². The standard InChI is InChI=1S/C16H11N5O2S2/c17-15-21(16-18-5-6-24-16)14(23)12(25-15)7-10-8-19-20-13(10)9-1-3-11(22)4-2-9/h1-8,17,22H,(H,19,20)/b12-7-,17-15?. The van der Waals surface area contributed by atoms with Crippen LogP contribution in [0.2, 0.25) is 0 Å². The fraction of sp³-hybridized carbons (Fsp3) is 0. The van der Waals surface area contributed by atoms with E-state index in [1.54, 1.807) is 48.1 Å². The van der Waals surface area contributed by atoms with Gasteiger partial charge in [-0.15, -0.1) is 11.3 Å². The molecule has 3 heterocycles. The van der Waals surface area contributed by atoms with Gasteiger partial charge in [-0.2, -0.15) is 5.10 Å². The maximum Gasteiger partial charge on any atom is 0.273 e. The number of rotatable bonds is 3. The first kappa shape index (κ1) is 15.6. The zero-order chi connectivity index (χ0) is 17.4. The predicted molar refractivity (Wildman–Crippen MR) is 98.6 cm³/mol. The van der Waals surface area contributed by atoms with Crippen LogP contribution in [0.5, 0.6) is 5.75 Å². The molecule has 3 N–H and O–H groups in total. The smallest absolute Gasteiger partial charge is 0.273 e. The number of thioether (sulfide) groups is 1. The molecule has 25 heavy (non-hydrogen) atoms. The molecule has 1 saturated heterocycles. The van der Waals surface area contributed by atoms with Crippen molar-refractivity contribution in [3.8, 4) is 17.0 Å². The van der Waals surface area contributed by atoms with Gasteiger partial charge in [-0.25, -0.2) is 9.88 Å². The summed E-state index contributed by atoms with van der Waals surface area (Å²) in [5.41, 5.74) is 2.31. The molecular weight excluding hydrogens is 358 g/mol. The van der Waals surface area contributed by atoms with E-state index in [0.29, 0.717) is 10.0 Å². The summed E-state index contributed by atoms with van der Waals surface area (Å²) in [7, 11) is 0. The first-order valence-corrected chi connectivity index (χ1v) is 8.88. The number of carbonyl (C=O) groups is 1. The molecule has 0 bridgehead atoms. The molecular formula is C16H11N5O2S2. The minimum absolute atomic E-state index is 0.126. The topological polar surface area (TPSA) is 106 Å². The van der Waals surface area contributed by atoms with Crippen LogP contribution in [0.15, 0.2) is 46.9 Å². The van der Waals surface area contributed by atoms with Gasteiger partial charge in [-0.05, 0) is 42.1 Å². The summed E-state index contributed by atoms with van der Waals surface area (Å²) in [4.78, 5) is 18.5. The van der Waals surface area contributed by atoms with Crippen molar-refractivity contribution in [3.63, 3.8) is 0 Å². The van der Waals surface area contributed by atoms with E-state index in [2.05, 4.69) is 15.2 Å². The lowest BCUT2D eigenvalue weighted by Crippen LogP contribution is -2.27. The van der Waals surface area contributed by atoms with Crippen LogP contribution in [0, 0.1) is 5.41 Å². The molecule has 1 fully saturated rings. The Hall–Kier alpha value is -2.91. The average Bonchev–Trinajstić information content (AvgIpc) is 3.31. The highest BCUT2D eigenvalue weighted by Crippen LogP contribution is 2.37. The Morgan fingerprint density at radius 2 is 2.08 bits per heavy atom. The second-order valence-electron chi connectivity index (χ2n) is 5.12. The van der Waals surface area contributed by atoms with Crippen LogP contribution < -0.4 is 4.90 Å². The number of phenols is 1. The van der Waals surface area contributed by atoms with Gasteiger partial charge in [-0.3, -0.25) is 15.3 Å². The molecule has 2 aromatic heterocycles. The van der Waals surface area contributed by atoms with E-state index in [0.717, 1.165) is 28.6 Å². The molecule has 0 atom stereocenters. The van der Waals surface area contributed by atoms with E-state index in [1.165, 1.54) is 16.2 Å². The molecule has 9 heteroatoms. The van der Waals surface area contributed by atoms with E-state index in [-0.39, 0.29) is 16.8 Å². The van der Waals surface area contributed by atoms with Gasteiger partial charge in [-0.1, -0.05) is 0 Å². The van der Waals surface area contributed by atoms with Crippen LogP contribution in [-0.4, -0.2) is 31.4 Å². The van der Waals surface area contributed by atoms with Crippen molar-refractivity contribution >= 4 is 45.4 Å². The SMILES string of the molecule is N=C1S/C(=C\c2cn[nH]c2-c2ccc(O)cc2)C(=O)N1c1nccs1. The zero-order valence-electron chi connectivity index (χ0n) is 12.6. The van der Waals surface area contributed by atoms with E-state index in [1.807, 2.05) is 0 Å². The van der Waals surface area contributed by atoms with Crippen molar-refractivity contribution < 1.29 is 9.90 Å². The van der Waals surface area contributed by atoms with Crippen LogP contribution in [0.3, 0.4) is 0 Å². The number of carbonyl (C=O) groups excluding carboxylic acids is 1. The third kappa shape index (κ3) is 2.83. The number of hydrogen-bond donors (Lipinski definition) is 3. The van der Waals surface area contributed by atoms with Gasteiger partial charge in [0.1, 0.15) is 5.75 Å². The molecule has 1 aliphatic heterocycles. The monoisotopic (exact) mass is 369 g/mol. The maximum absolute atomic E-state index is 12.6. The number of anilines is 1. The number of amides is 1. The second-order valence-corrected chi connectivity index (χ2v) is 7.02. The predicted octanol–water partition coefficient (Wildman–Crippen LogP) is 3.29. The van der Waals surface area contributed by atoms with Crippen molar-refractivity contribution in [1.82, 2.24) is 15.2 Å². The van der Waals surface area contributed by atoms with Crippen LogP contribution in [-0.2, 0) is 4.79 Å². The number of aromatic hydroxyl groups is 1. The highest BCUT2D eigenvalue weighted by atomic mass is 32.2. The molecule has 1 amide bonds. The van der Waals surface area contributed by atoms with E-state index >= 15 is 0 Å². The highest BCUT2D eigenvalue weighted by molar-refractivity contribution is 8.19. The van der Waals surface area contributed by atoms with Crippen LogP contribution >= 0.6 is 23.1 Å². The Labute approximate surface area is 150 Å². The Kier molecular flexibility index (Phi) is 3.86. The van der Waals surface area contributed by atoms with Crippen molar-refractivity contribution in [3.05, 3.63) is 52.5 Å². The Balaban J connectivity index is 1.69. The van der Waals surface area contributed by atoms with E-state index in [9.17, 15) is 9.90 Å². The number of H-pyrrole nitrogens is 1. The number of amidine groups is 1. The lowest BCUT2D eigenvalue weighted by atomic mass is 10.1. The maximum atomic E-state index is 12.6. The molecule has 7 nitrogen and oxygen atoms in total. The summed E-state index contributed by atoms with van der Waals surface area (Å²) >= 11 is 2.40. The van der Waals surface area contributed by atoms with Gasteiger partial charge in [0.15, 0.2) is 10.3 Å². The quantitative estimate of drug-likeness (QED) is 0.614. The first-order valence-electron chi connectivity index (χ1n) is 7.18. The summed E-state index contributed by atoms with van der Waals surface area (Å²) < 4.78 is 0. The summed E-state index contributed by atoms with van der Waals surface area (Å²) in [6.45, 7) is 0. The highest BCUT2D eigenvalue weighted by Gasteiger charge is 2.35. The Bertz CT molecular complexity index is 976. The molecule has 4 rings (SSSR count). The van der Waals surface area contributed by atoms with Gasteiger partial charge in [0.05, 0.1) is 16.8 Å². The molecule has 1 aliphatic rings. The van der Waals surface area contributed by atoms with Crippen molar-refractivity contribution in [2.24, 2.45) is 0 Å². The number of aromatic nitrogens is 3. The molecule has 0 aliphatic carbocycles. The van der Waals surface area contributed by atoms with Gasteiger partial charge < -0.3 is 5.11 Å². The number of nitrogens with one attached hydrogen (secondary N) is 2. The minimum atomic E-state index is -0.275. The molecule has 0 spiro atoms. The summed E-state index contributed by atoms with van der Waals surface area (Å²) in [5, 5.41) is 26.8. The molecule has 0 unspecified atom stereocenters. The Morgan fingerprint density at radius 3 is 2.80 bits per heavy atom. The van der Waals surface area contributed by atoms with Crippen LogP contribution in [0.1, 0.15) is 5.56 Å². The average molecular weight is 369 g/mol. The van der Waals surface area contributed by atoms with Crippen LogP contribution in [0.4, 0.5) is 5.13 Å². The third-order valence-electron chi connectivity index (χ3n) is 3.55. The normalized spacial score (nSPS) is 16.2. The summed E-state index contributed by atoms with van der Waals surface area (Å²) in [5.74, 6) is -0.0972. The number of thiazole rings is 1. The van der Waals surface area contributed by atoms with Crippen molar-refractivity contribution in [2.75, 3.05) is 4.90 Å². The van der Waals surface area contributed by atoms with Crippen molar-refractivity contribution in [2.45, 2.75) is 0 Å². The number of benzene rings is 1. The lowest BCUT2D eigenvalue weighted by molar-refractivity contribution is -0.113. The number of hydrogen-bond acceptors (Lipinski definition) is 7. The third-order valence-corrected chi connectivity index (χ3v) is 5.19. The second kappa shape index (κ2) is 6.19.